The van der Waals surface area contributed by atoms with Gasteiger partial charge in [0, 0.05) is 23.7 Å². The Morgan fingerprint density at radius 2 is 2.09 bits per heavy atom. The number of nitrogens with one attached hydrogen (secondary N) is 1. The molecule has 2 amide bonds. The lowest BCUT2D eigenvalue weighted by Crippen LogP contribution is -2.50. The Morgan fingerprint density at radius 1 is 1.43 bits per heavy atom. The summed E-state index contributed by atoms with van der Waals surface area (Å²) in [5, 5.41) is 6.32. The van der Waals surface area contributed by atoms with E-state index in [9.17, 15) is 9.59 Å². The summed E-state index contributed by atoms with van der Waals surface area (Å²) in [5.74, 6) is -0.155. The Morgan fingerprint density at radius 3 is 2.57 bits per heavy atom. The minimum absolute atomic E-state index is 0.0772. The Kier molecular flexibility index (Phi) is 7.98. The van der Waals surface area contributed by atoms with Gasteiger partial charge in [-0.05, 0) is 5.92 Å². The Labute approximate surface area is 149 Å². The summed E-state index contributed by atoms with van der Waals surface area (Å²) >= 11 is 4.92. The zero-order valence-electron chi connectivity index (χ0n) is 14.1. The molecule has 1 aromatic heterocycles. The molecule has 1 unspecified atom stereocenters. The lowest BCUT2D eigenvalue weighted by molar-refractivity contribution is -0.143. The fraction of sp³-hybridized carbons (Fsp3) is 0.667. The van der Waals surface area contributed by atoms with Gasteiger partial charge in [-0.1, -0.05) is 36.7 Å². The van der Waals surface area contributed by atoms with Crippen LogP contribution in [0.3, 0.4) is 0 Å². The van der Waals surface area contributed by atoms with Crippen LogP contribution in [0.25, 0.3) is 0 Å². The zero-order valence-corrected chi connectivity index (χ0v) is 16.5. The number of rotatable bonds is 7. The molecule has 0 saturated carbocycles. The highest BCUT2D eigenvalue weighted by Gasteiger charge is 2.28. The van der Waals surface area contributed by atoms with Crippen molar-refractivity contribution in [1.29, 1.82) is 0 Å². The molecule has 0 aliphatic heterocycles. The highest BCUT2D eigenvalue weighted by Crippen LogP contribution is 2.19. The number of nitrogens with zero attached hydrogens (tertiary/aromatic N) is 2. The fourth-order valence-corrected chi connectivity index (χ4v) is 3.07. The third-order valence-corrected chi connectivity index (χ3v) is 5.57. The van der Waals surface area contributed by atoms with E-state index in [4.69, 9.17) is 4.74 Å². The summed E-state index contributed by atoms with van der Waals surface area (Å²) in [5.41, 5.74) is 0.847. The minimum Gasteiger partial charge on any atom is -0.467 e. The molecule has 0 radical (unpaired) electrons. The van der Waals surface area contributed by atoms with Gasteiger partial charge in [-0.3, -0.25) is 0 Å². The normalized spacial score (nSPS) is 13.5. The molecule has 1 aromatic rings. The molecule has 0 saturated heterocycles. The summed E-state index contributed by atoms with van der Waals surface area (Å²) in [4.78, 5) is 30.1. The van der Waals surface area contributed by atoms with Crippen LogP contribution in [0, 0.1) is 5.92 Å². The average molecular weight is 406 g/mol. The number of methoxy groups -OCH3 is 1. The van der Waals surface area contributed by atoms with E-state index in [1.807, 2.05) is 12.3 Å². The van der Waals surface area contributed by atoms with Gasteiger partial charge in [0.05, 0.1) is 24.4 Å². The smallest absolute Gasteiger partial charge is 0.328 e. The van der Waals surface area contributed by atoms with E-state index < -0.39 is 12.0 Å². The number of hydrogen-bond acceptors (Lipinski definition) is 5. The summed E-state index contributed by atoms with van der Waals surface area (Å²) in [6.45, 7) is 6.43. The number of carbonyl (C=O) groups is 2. The molecule has 0 aromatic carbocycles. The first-order chi connectivity index (χ1) is 10.8. The number of hydrogen-bond donors (Lipinski definition) is 1. The second kappa shape index (κ2) is 9.22. The number of alkyl halides is 1. The van der Waals surface area contributed by atoms with E-state index >= 15 is 0 Å². The highest BCUT2D eigenvalue weighted by molar-refractivity contribution is 9.09. The van der Waals surface area contributed by atoms with Gasteiger partial charge >= 0.3 is 12.0 Å². The molecule has 1 N–H and O–H groups in total. The van der Waals surface area contributed by atoms with Crippen molar-refractivity contribution in [3.8, 4) is 0 Å². The third-order valence-electron chi connectivity index (χ3n) is 3.36. The van der Waals surface area contributed by atoms with Crippen LogP contribution in [-0.4, -0.2) is 47.4 Å². The lowest BCUT2D eigenvalue weighted by Gasteiger charge is -2.24. The molecule has 0 aliphatic rings. The SMILES string of the molecule is COC(=O)[C@@H](NC(=O)N(C)Cc1csc(C(C)C)n1)C(C)CBr. The number of halogens is 1. The first-order valence-corrected chi connectivity index (χ1v) is 9.39. The summed E-state index contributed by atoms with van der Waals surface area (Å²) in [6.07, 6.45) is 0. The van der Waals surface area contributed by atoms with Gasteiger partial charge in [0.2, 0.25) is 0 Å². The zero-order chi connectivity index (χ0) is 17.6. The molecule has 8 heteroatoms. The van der Waals surface area contributed by atoms with Crippen molar-refractivity contribution in [3.63, 3.8) is 0 Å². The molecular formula is C15H24BrN3O3S. The van der Waals surface area contributed by atoms with Crippen molar-refractivity contribution in [2.45, 2.75) is 39.3 Å². The van der Waals surface area contributed by atoms with Crippen LogP contribution in [-0.2, 0) is 16.1 Å². The van der Waals surface area contributed by atoms with E-state index in [1.54, 1.807) is 18.4 Å². The Bertz CT molecular complexity index is 536. The van der Waals surface area contributed by atoms with Crippen LogP contribution in [0.1, 0.15) is 37.4 Å². The number of carbonyl (C=O) groups excluding carboxylic acids is 2. The number of esters is 1. The van der Waals surface area contributed by atoms with Gasteiger partial charge < -0.3 is 15.0 Å². The second-order valence-corrected chi connectivity index (χ2v) is 7.31. The van der Waals surface area contributed by atoms with E-state index in [1.165, 1.54) is 12.0 Å². The maximum atomic E-state index is 12.3. The van der Waals surface area contributed by atoms with Crippen LogP contribution in [0.5, 0.6) is 0 Å². The number of amides is 2. The van der Waals surface area contributed by atoms with Crippen molar-refractivity contribution < 1.29 is 14.3 Å². The van der Waals surface area contributed by atoms with Crippen molar-refractivity contribution in [2.24, 2.45) is 5.92 Å². The van der Waals surface area contributed by atoms with Crippen LogP contribution >= 0.6 is 27.3 Å². The van der Waals surface area contributed by atoms with Crippen molar-refractivity contribution in [2.75, 3.05) is 19.5 Å². The standard InChI is InChI=1S/C15H24BrN3O3S/c1-9(2)13-17-11(8-23-13)7-19(4)15(21)18-12(10(3)6-16)14(20)22-5/h8-10,12H,6-7H2,1-5H3,(H,18,21)/t10?,12-/m0/s1. The van der Waals surface area contributed by atoms with E-state index in [0.29, 0.717) is 17.8 Å². The quantitative estimate of drug-likeness (QED) is 0.558. The Hall–Kier alpha value is -1.15. The van der Waals surface area contributed by atoms with Gasteiger partial charge in [0.25, 0.3) is 0 Å². The first-order valence-electron chi connectivity index (χ1n) is 7.39. The summed E-state index contributed by atoms with van der Waals surface area (Å²) in [7, 11) is 2.99. The van der Waals surface area contributed by atoms with Crippen LogP contribution in [0.2, 0.25) is 0 Å². The Balaban J connectivity index is 2.68. The summed E-state index contributed by atoms with van der Waals surface area (Å²) in [6, 6.07) is -1.01. The molecular weight excluding hydrogens is 382 g/mol. The van der Waals surface area contributed by atoms with E-state index in [-0.39, 0.29) is 11.9 Å². The van der Waals surface area contributed by atoms with Gasteiger partial charge in [0.1, 0.15) is 6.04 Å². The molecule has 0 bridgehead atoms. The highest BCUT2D eigenvalue weighted by atomic mass is 79.9. The van der Waals surface area contributed by atoms with Crippen molar-refractivity contribution in [1.82, 2.24) is 15.2 Å². The van der Waals surface area contributed by atoms with Crippen LogP contribution < -0.4 is 5.32 Å². The predicted octanol–water partition coefficient (Wildman–Crippen LogP) is 2.98. The van der Waals surface area contributed by atoms with Gasteiger partial charge in [-0.15, -0.1) is 11.3 Å². The molecule has 1 heterocycles. The fourth-order valence-electron chi connectivity index (χ4n) is 1.87. The van der Waals surface area contributed by atoms with Crippen molar-refractivity contribution >= 4 is 39.3 Å². The van der Waals surface area contributed by atoms with Crippen molar-refractivity contribution in [3.05, 3.63) is 16.1 Å². The predicted molar refractivity (Wildman–Crippen MR) is 95.0 cm³/mol. The molecule has 2 atom stereocenters. The third kappa shape index (κ3) is 5.76. The maximum Gasteiger partial charge on any atom is 0.328 e. The molecule has 130 valence electrons. The topological polar surface area (TPSA) is 71.5 Å². The number of thiazole rings is 1. The molecule has 23 heavy (non-hydrogen) atoms. The van der Waals surface area contributed by atoms with Gasteiger partial charge in [0.15, 0.2) is 0 Å². The summed E-state index contributed by atoms with van der Waals surface area (Å²) < 4.78 is 4.76. The van der Waals surface area contributed by atoms with Crippen LogP contribution in [0.4, 0.5) is 4.79 Å². The lowest BCUT2D eigenvalue weighted by atomic mass is 10.1. The van der Waals surface area contributed by atoms with Gasteiger partial charge in [-0.25, -0.2) is 14.6 Å². The second-order valence-electron chi connectivity index (χ2n) is 5.77. The minimum atomic E-state index is -0.684. The molecule has 0 fully saturated rings. The molecule has 0 aliphatic carbocycles. The number of ether oxygens (including phenoxy) is 1. The van der Waals surface area contributed by atoms with Crippen LogP contribution in [0.15, 0.2) is 5.38 Å². The average Bonchev–Trinajstić information content (AvgIpc) is 2.99. The van der Waals surface area contributed by atoms with E-state index in [0.717, 1.165) is 10.7 Å². The number of urea groups is 1. The molecule has 6 nitrogen and oxygen atoms in total. The first kappa shape index (κ1) is 19.9. The molecule has 1 rings (SSSR count). The largest absolute Gasteiger partial charge is 0.467 e. The van der Waals surface area contributed by atoms with Gasteiger partial charge in [-0.2, -0.15) is 0 Å². The number of aromatic nitrogens is 1. The monoisotopic (exact) mass is 405 g/mol. The van der Waals surface area contributed by atoms with E-state index in [2.05, 4.69) is 40.1 Å². The molecule has 0 spiro atoms. The maximum absolute atomic E-state index is 12.3.